The van der Waals surface area contributed by atoms with Crippen molar-refractivity contribution in [3.05, 3.63) is 106 Å². The summed E-state index contributed by atoms with van der Waals surface area (Å²) in [5.74, 6) is 0.976. The van der Waals surface area contributed by atoms with Crippen molar-refractivity contribution in [2.45, 2.75) is 19.4 Å². The van der Waals surface area contributed by atoms with Crippen molar-refractivity contribution >= 4 is 23.1 Å². The molecule has 5 nitrogen and oxygen atoms in total. The van der Waals surface area contributed by atoms with Gasteiger partial charge in [-0.2, -0.15) is 0 Å². The monoisotopic (exact) mass is 453 g/mol. The van der Waals surface area contributed by atoms with Crippen LogP contribution in [0.1, 0.15) is 34.1 Å². The molecule has 2 N–H and O–H groups in total. The topological polar surface area (TPSA) is 55.1 Å². The number of aryl methyl sites for hydroxylation is 1. The molecule has 6 heteroatoms. The number of para-hydroxylation sites is 2. The Labute approximate surface area is 196 Å². The van der Waals surface area contributed by atoms with Crippen LogP contribution >= 0.6 is 12.2 Å². The Morgan fingerprint density at radius 3 is 2.64 bits per heavy atom. The van der Waals surface area contributed by atoms with Crippen LogP contribution in [-0.2, 0) is 6.42 Å². The van der Waals surface area contributed by atoms with Gasteiger partial charge in [0, 0.05) is 23.0 Å². The number of methoxy groups -OCH3 is 1. The van der Waals surface area contributed by atoms with E-state index in [1.807, 2.05) is 55.5 Å². The van der Waals surface area contributed by atoms with Gasteiger partial charge in [0.25, 0.3) is 0 Å². The Bertz CT molecular complexity index is 1590. The first-order valence-electron chi connectivity index (χ1n) is 10.9. The number of nitrogens with one attached hydrogen (secondary N) is 1. The van der Waals surface area contributed by atoms with Crippen LogP contribution in [-0.4, -0.2) is 26.3 Å². The fraction of sp³-hybridized carbons (Fsp3) is 0.148. The molecule has 0 radical (unpaired) electrons. The molecule has 6 rings (SSSR count). The summed E-state index contributed by atoms with van der Waals surface area (Å²) in [4.78, 5) is 3.65. The number of ether oxygens (including phenoxy) is 1. The van der Waals surface area contributed by atoms with E-state index in [2.05, 4.69) is 33.8 Å². The molecular formula is C27H23N3O2S. The van der Waals surface area contributed by atoms with Crippen LogP contribution in [0.3, 0.4) is 0 Å². The second kappa shape index (κ2) is 7.39. The van der Waals surface area contributed by atoms with Gasteiger partial charge in [-0.15, -0.1) is 0 Å². The third kappa shape index (κ3) is 2.87. The number of aromatic hydroxyl groups is 1. The van der Waals surface area contributed by atoms with Gasteiger partial charge >= 0.3 is 0 Å². The third-order valence-electron chi connectivity index (χ3n) is 6.65. The zero-order valence-electron chi connectivity index (χ0n) is 18.4. The van der Waals surface area contributed by atoms with Gasteiger partial charge in [-0.05, 0) is 60.1 Å². The number of H-pyrrole nitrogens is 1. The molecule has 1 aliphatic rings. The molecule has 1 atom stereocenters. The first kappa shape index (κ1) is 19.9. The normalized spacial score (nSPS) is 14.8. The first-order valence-corrected chi connectivity index (χ1v) is 11.3. The van der Waals surface area contributed by atoms with Crippen molar-refractivity contribution in [2.75, 3.05) is 7.11 Å². The molecule has 2 aromatic heterocycles. The van der Waals surface area contributed by atoms with Crippen molar-refractivity contribution in [1.82, 2.24) is 14.1 Å². The van der Waals surface area contributed by atoms with Crippen LogP contribution in [0.2, 0.25) is 0 Å². The first-order chi connectivity index (χ1) is 16.1. The Kier molecular flexibility index (Phi) is 4.45. The quantitative estimate of drug-likeness (QED) is 0.321. The van der Waals surface area contributed by atoms with Gasteiger partial charge in [0.15, 0.2) is 4.77 Å². The molecule has 0 fully saturated rings. The molecule has 164 valence electrons. The number of nitrogens with zero attached hydrogens (tertiary/aromatic N) is 2. The molecule has 3 aromatic carbocycles. The summed E-state index contributed by atoms with van der Waals surface area (Å²) in [6.07, 6.45) is 0.591. The van der Waals surface area contributed by atoms with E-state index in [4.69, 9.17) is 17.0 Å². The summed E-state index contributed by atoms with van der Waals surface area (Å²) < 4.78 is 9.97. The molecule has 1 aliphatic heterocycles. The largest absolute Gasteiger partial charge is 0.497 e. The van der Waals surface area contributed by atoms with Crippen LogP contribution in [0, 0.1) is 11.7 Å². The van der Waals surface area contributed by atoms with E-state index < -0.39 is 0 Å². The van der Waals surface area contributed by atoms with Gasteiger partial charge in [0.05, 0.1) is 18.5 Å². The molecule has 0 bridgehead atoms. The number of imidazole rings is 1. The van der Waals surface area contributed by atoms with Gasteiger partial charge in [-0.3, -0.25) is 4.57 Å². The molecule has 0 saturated heterocycles. The van der Waals surface area contributed by atoms with E-state index >= 15 is 0 Å². The lowest BCUT2D eigenvalue weighted by molar-refractivity contribution is 0.413. The zero-order valence-corrected chi connectivity index (χ0v) is 19.2. The summed E-state index contributed by atoms with van der Waals surface area (Å²) >= 11 is 6.01. The highest BCUT2D eigenvalue weighted by Gasteiger charge is 2.34. The second-order valence-electron chi connectivity index (χ2n) is 8.46. The number of fused-ring (bicyclic) bond motifs is 4. The minimum atomic E-state index is -0.213. The SMILES string of the molecule is COc1cccc(C2c3[nH]c4ccccc4c3Cc3c(O)n(-c4ccccc4C)c(=S)n32)c1. The van der Waals surface area contributed by atoms with Crippen LogP contribution in [0.4, 0.5) is 0 Å². The van der Waals surface area contributed by atoms with E-state index in [0.29, 0.717) is 11.2 Å². The van der Waals surface area contributed by atoms with Crippen molar-refractivity contribution in [2.24, 2.45) is 0 Å². The summed E-state index contributed by atoms with van der Waals surface area (Å²) in [6.45, 7) is 2.03. The average Bonchev–Trinajstić information content (AvgIpc) is 3.33. The second-order valence-corrected chi connectivity index (χ2v) is 8.83. The minimum absolute atomic E-state index is 0.193. The molecule has 0 spiro atoms. The highest BCUT2D eigenvalue weighted by molar-refractivity contribution is 7.71. The predicted octanol–water partition coefficient (Wildman–Crippen LogP) is 6.05. The fourth-order valence-electron chi connectivity index (χ4n) is 5.08. The maximum absolute atomic E-state index is 11.5. The Balaban J connectivity index is 1.68. The van der Waals surface area contributed by atoms with E-state index in [1.54, 1.807) is 11.7 Å². The van der Waals surface area contributed by atoms with Gasteiger partial charge in [0.2, 0.25) is 5.88 Å². The molecule has 0 saturated carbocycles. The summed E-state index contributed by atoms with van der Waals surface area (Å²) in [5.41, 5.74) is 7.15. The Hall–Kier alpha value is -3.77. The maximum atomic E-state index is 11.5. The van der Waals surface area contributed by atoms with Crippen LogP contribution < -0.4 is 4.74 Å². The lowest BCUT2D eigenvalue weighted by atomic mass is 9.93. The predicted molar refractivity (Wildman–Crippen MR) is 132 cm³/mol. The summed E-state index contributed by atoms with van der Waals surface area (Å²) in [5, 5.41) is 12.6. The van der Waals surface area contributed by atoms with Crippen LogP contribution in [0.25, 0.3) is 16.6 Å². The van der Waals surface area contributed by atoms with E-state index in [1.165, 1.54) is 10.9 Å². The van der Waals surface area contributed by atoms with Gasteiger partial charge < -0.3 is 19.4 Å². The molecule has 1 unspecified atom stereocenters. The van der Waals surface area contributed by atoms with E-state index in [0.717, 1.165) is 39.5 Å². The highest BCUT2D eigenvalue weighted by Crippen LogP contribution is 2.44. The number of benzene rings is 3. The molecular weight excluding hydrogens is 430 g/mol. The van der Waals surface area contributed by atoms with Gasteiger partial charge in [-0.1, -0.05) is 48.5 Å². The van der Waals surface area contributed by atoms with Crippen LogP contribution in [0.5, 0.6) is 11.6 Å². The van der Waals surface area contributed by atoms with Gasteiger partial charge in [0.1, 0.15) is 11.8 Å². The van der Waals surface area contributed by atoms with Crippen molar-refractivity contribution in [3.63, 3.8) is 0 Å². The summed E-state index contributed by atoms with van der Waals surface area (Å²) in [7, 11) is 1.67. The number of rotatable bonds is 3. The lowest BCUT2D eigenvalue weighted by Crippen LogP contribution is -2.21. The smallest absolute Gasteiger partial charge is 0.218 e. The Morgan fingerprint density at radius 2 is 1.82 bits per heavy atom. The molecule has 33 heavy (non-hydrogen) atoms. The van der Waals surface area contributed by atoms with Crippen molar-refractivity contribution in [1.29, 1.82) is 0 Å². The summed E-state index contributed by atoms with van der Waals surface area (Å²) in [6, 6.07) is 24.1. The minimum Gasteiger partial charge on any atom is -0.497 e. The molecule has 5 aromatic rings. The standard InChI is InChI=1S/C27H23N3O2S/c1-16-8-3-6-13-22(16)30-26(31)23-15-20-19-11-4-5-12-21(19)28-24(20)25(29(23)27(30)33)17-9-7-10-18(14-17)32-2/h3-14,25,28,31H,15H2,1-2H3. The Morgan fingerprint density at radius 1 is 1.03 bits per heavy atom. The average molecular weight is 454 g/mol. The number of aromatic nitrogens is 3. The highest BCUT2D eigenvalue weighted by atomic mass is 32.1. The number of hydrogen-bond acceptors (Lipinski definition) is 3. The lowest BCUT2D eigenvalue weighted by Gasteiger charge is -2.27. The zero-order chi connectivity index (χ0) is 22.7. The molecule has 3 heterocycles. The third-order valence-corrected chi connectivity index (χ3v) is 7.03. The number of hydrogen-bond donors (Lipinski definition) is 2. The van der Waals surface area contributed by atoms with Crippen LogP contribution in [0.15, 0.2) is 72.8 Å². The number of aromatic amines is 1. The van der Waals surface area contributed by atoms with Crippen molar-refractivity contribution in [3.8, 4) is 17.3 Å². The van der Waals surface area contributed by atoms with E-state index in [9.17, 15) is 5.11 Å². The van der Waals surface area contributed by atoms with Gasteiger partial charge in [-0.25, -0.2) is 0 Å². The molecule has 0 aliphatic carbocycles. The van der Waals surface area contributed by atoms with Crippen molar-refractivity contribution < 1.29 is 9.84 Å². The maximum Gasteiger partial charge on any atom is 0.218 e. The molecule has 0 amide bonds. The van der Waals surface area contributed by atoms with E-state index in [-0.39, 0.29) is 11.9 Å². The fourth-order valence-corrected chi connectivity index (χ4v) is 5.48.